The number of fused-ring (bicyclic) bond motifs is 1. The van der Waals surface area contributed by atoms with Gasteiger partial charge in [-0.2, -0.15) is 0 Å². The van der Waals surface area contributed by atoms with E-state index in [1.54, 1.807) is 0 Å². The van der Waals surface area contributed by atoms with E-state index >= 15 is 0 Å². The summed E-state index contributed by atoms with van der Waals surface area (Å²) in [5.41, 5.74) is 11.4. The number of para-hydroxylation sites is 1. The molecule has 128 valence electrons. The second kappa shape index (κ2) is 6.81. The zero-order valence-corrected chi connectivity index (χ0v) is 14.5. The fourth-order valence-electron chi connectivity index (χ4n) is 3.63. The number of aryl methyl sites for hydroxylation is 1. The fraction of sp³-hybridized carbons (Fsp3) is 0.333. The number of anilines is 1. The van der Waals surface area contributed by atoms with Gasteiger partial charge >= 0.3 is 0 Å². The third-order valence-corrected chi connectivity index (χ3v) is 5.00. The van der Waals surface area contributed by atoms with E-state index in [-0.39, 0.29) is 0 Å². The van der Waals surface area contributed by atoms with Gasteiger partial charge in [-0.1, -0.05) is 31.2 Å². The molecule has 2 aromatic heterocycles. The van der Waals surface area contributed by atoms with Gasteiger partial charge in [-0.05, 0) is 37.5 Å². The number of benzene rings is 1. The van der Waals surface area contributed by atoms with Crippen LogP contribution < -0.4 is 5.73 Å². The van der Waals surface area contributed by atoms with Crippen LogP contribution in [0, 0.1) is 0 Å². The van der Waals surface area contributed by atoms with Crippen molar-refractivity contribution in [3.05, 3.63) is 53.9 Å². The molecule has 1 saturated heterocycles. The van der Waals surface area contributed by atoms with Gasteiger partial charge in [-0.15, -0.1) is 0 Å². The summed E-state index contributed by atoms with van der Waals surface area (Å²) in [6.45, 7) is 3.76. The van der Waals surface area contributed by atoms with Gasteiger partial charge in [0.05, 0.1) is 11.2 Å². The number of rotatable bonds is 3. The van der Waals surface area contributed by atoms with Crippen LogP contribution in [-0.4, -0.2) is 23.2 Å². The summed E-state index contributed by atoms with van der Waals surface area (Å²) in [4.78, 5) is 9.58. The summed E-state index contributed by atoms with van der Waals surface area (Å²) in [7, 11) is 0. The van der Waals surface area contributed by atoms with E-state index in [9.17, 15) is 0 Å². The number of pyridine rings is 2. The molecule has 4 nitrogen and oxygen atoms in total. The molecular formula is C21H23N3O. The van der Waals surface area contributed by atoms with Crippen molar-refractivity contribution in [2.24, 2.45) is 0 Å². The lowest BCUT2D eigenvalue weighted by atomic mass is 9.94. The fourth-order valence-corrected chi connectivity index (χ4v) is 3.63. The first-order valence-corrected chi connectivity index (χ1v) is 8.99. The molecule has 0 bridgehead atoms. The standard InChI is InChI=1S/C21H23N3O/c1-2-18-16(7-9-20(22)23-18)17-5-3-4-15-6-8-19(24-21(15)17)14-10-12-25-13-11-14/h3-9,14H,2,10-13H2,1H3,(H2,22,23). The molecule has 0 amide bonds. The maximum atomic E-state index is 5.88. The van der Waals surface area contributed by atoms with Crippen LogP contribution in [0.4, 0.5) is 5.82 Å². The van der Waals surface area contributed by atoms with Crippen molar-refractivity contribution >= 4 is 16.7 Å². The Kier molecular flexibility index (Phi) is 4.36. The van der Waals surface area contributed by atoms with E-state index in [2.05, 4.69) is 48.3 Å². The van der Waals surface area contributed by atoms with Crippen molar-refractivity contribution in [3.63, 3.8) is 0 Å². The molecule has 25 heavy (non-hydrogen) atoms. The van der Waals surface area contributed by atoms with Gasteiger partial charge in [-0.25, -0.2) is 4.98 Å². The van der Waals surface area contributed by atoms with Gasteiger partial charge in [0.25, 0.3) is 0 Å². The van der Waals surface area contributed by atoms with Crippen molar-refractivity contribution in [1.82, 2.24) is 9.97 Å². The van der Waals surface area contributed by atoms with Crippen LogP contribution in [0.15, 0.2) is 42.5 Å². The van der Waals surface area contributed by atoms with Gasteiger partial charge in [0.2, 0.25) is 0 Å². The Morgan fingerprint density at radius 1 is 1.00 bits per heavy atom. The topological polar surface area (TPSA) is 61.0 Å². The first-order chi connectivity index (χ1) is 12.3. The highest BCUT2D eigenvalue weighted by Gasteiger charge is 2.18. The number of nitrogen functional groups attached to an aromatic ring is 1. The van der Waals surface area contributed by atoms with Crippen LogP contribution in [0.25, 0.3) is 22.0 Å². The first-order valence-electron chi connectivity index (χ1n) is 8.99. The summed E-state index contributed by atoms with van der Waals surface area (Å²) < 4.78 is 5.50. The normalized spacial score (nSPS) is 15.6. The van der Waals surface area contributed by atoms with Gasteiger partial charge in [0, 0.05) is 41.3 Å². The highest BCUT2D eigenvalue weighted by atomic mass is 16.5. The molecule has 1 fully saturated rings. The molecule has 0 spiro atoms. The van der Waals surface area contributed by atoms with E-state index in [1.165, 1.54) is 5.69 Å². The predicted octanol–water partition coefficient (Wildman–Crippen LogP) is 4.34. The zero-order chi connectivity index (χ0) is 17.2. The number of aromatic nitrogens is 2. The molecule has 3 heterocycles. The Bertz CT molecular complexity index is 901. The molecule has 2 N–H and O–H groups in total. The summed E-state index contributed by atoms with van der Waals surface area (Å²) in [5, 5.41) is 1.16. The van der Waals surface area contributed by atoms with Crippen LogP contribution in [0.5, 0.6) is 0 Å². The molecule has 3 aromatic rings. The van der Waals surface area contributed by atoms with Crippen LogP contribution >= 0.6 is 0 Å². The molecule has 1 aromatic carbocycles. The summed E-state index contributed by atoms with van der Waals surface area (Å²) in [6.07, 6.45) is 2.94. The van der Waals surface area contributed by atoms with Crippen LogP contribution in [0.1, 0.15) is 37.1 Å². The second-order valence-electron chi connectivity index (χ2n) is 6.58. The monoisotopic (exact) mass is 333 g/mol. The number of nitrogens with two attached hydrogens (primary N) is 1. The summed E-state index contributed by atoms with van der Waals surface area (Å²) in [6, 6.07) is 14.6. The van der Waals surface area contributed by atoms with Gasteiger partial charge in [0.15, 0.2) is 0 Å². The van der Waals surface area contributed by atoms with Crippen molar-refractivity contribution in [1.29, 1.82) is 0 Å². The van der Waals surface area contributed by atoms with E-state index < -0.39 is 0 Å². The molecular weight excluding hydrogens is 310 g/mol. The lowest BCUT2D eigenvalue weighted by Crippen LogP contribution is -2.15. The van der Waals surface area contributed by atoms with Gasteiger partial charge in [0.1, 0.15) is 5.82 Å². The van der Waals surface area contributed by atoms with E-state index in [0.717, 1.165) is 60.2 Å². The molecule has 4 heteroatoms. The number of nitrogens with zero attached hydrogens (tertiary/aromatic N) is 2. The lowest BCUT2D eigenvalue weighted by Gasteiger charge is -2.22. The van der Waals surface area contributed by atoms with Crippen LogP contribution in [0.3, 0.4) is 0 Å². The average molecular weight is 333 g/mol. The molecule has 0 atom stereocenters. The smallest absolute Gasteiger partial charge is 0.123 e. The van der Waals surface area contributed by atoms with Crippen LogP contribution in [-0.2, 0) is 11.2 Å². The number of hydrogen-bond donors (Lipinski definition) is 1. The van der Waals surface area contributed by atoms with Crippen molar-refractivity contribution < 1.29 is 4.74 Å². The predicted molar refractivity (Wildman–Crippen MR) is 102 cm³/mol. The molecule has 0 radical (unpaired) electrons. The molecule has 1 aliphatic heterocycles. The summed E-state index contributed by atoms with van der Waals surface area (Å²) in [5.74, 6) is 1.05. The third-order valence-electron chi connectivity index (χ3n) is 5.00. The van der Waals surface area contributed by atoms with E-state index in [4.69, 9.17) is 15.5 Å². The van der Waals surface area contributed by atoms with Gasteiger partial charge < -0.3 is 10.5 Å². The Hall–Kier alpha value is -2.46. The average Bonchev–Trinajstić information content (AvgIpc) is 2.68. The SMILES string of the molecule is CCc1nc(N)ccc1-c1cccc2ccc(C3CCOCC3)nc12. The highest BCUT2D eigenvalue weighted by Crippen LogP contribution is 2.33. The minimum atomic E-state index is 0.487. The maximum absolute atomic E-state index is 5.88. The van der Waals surface area contributed by atoms with E-state index in [1.807, 2.05) is 6.07 Å². The van der Waals surface area contributed by atoms with Crippen LogP contribution in [0.2, 0.25) is 0 Å². The highest BCUT2D eigenvalue weighted by molar-refractivity contribution is 5.94. The minimum Gasteiger partial charge on any atom is -0.384 e. The van der Waals surface area contributed by atoms with Crippen molar-refractivity contribution in [2.45, 2.75) is 32.1 Å². The van der Waals surface area contributed by atoms with Crippen molar-refractivity contribution in [3.8, 4) is 11.1 Å². The quantitative estimate of drug-likeness (QED) is 0.775. The Morgan fingerprint density at radius 3 is 2.64 bits per heavy atom. The Morgan fingerprint density at radius 2 is 1.84 bits per heavy atom. The third kappa shape index (κ3) is 3.10. The minimum absolute atomic E-state index is 0.487. The molecule has 1 aliphatic rings. The zero-order valence-electron chi connectivity index (χ0n) is 14.5. The number of ether oxygens (including phenoxy) is 1. The Labute approximate surface area is 148 Å². The molecule has 0 aliphatic carbocycles. The van der Waals surface area contributed by atoms with Gasteiger partial charge in [-0.3, -0.25) is 4.98 Å². The molecule has 0 unspecified atom stereocenters. The maximum Gasteiger partial charge on any atom is 0.123 e. The summed E-state index contributed by atoms with van der Waals surface area (Å²) >= 11 is 0. The Balaban J connectivity index is 1.86. The first kappa shape index (κ1) is 16.0. The largest absolute Gasteiger partial charge is 0.384 e. The molecule has 0 saturated carbocycles. The van der Waals surface area contributed by atoms with Crippen molar-refractivity contribution in [2.75, 3.05) is 18.9 Å². The lowest BCUT2D eigenvalue weighted by molar-refractivity contribution is 0.0846. The second-order valence-corrected chi connectivity index (χ2v) is 6.58. The number of hydrogen-bond acceptors (Lipinski definition) is 4. The van der Waals surface area contributed by atoms with E-state index in [0.29, 0.717) is 11.7 Å². The molecule has 4 rings (SSSR count).